The van der Waals surface area contributed by atoms with E-state index in [0.717, 1.165) is 16.2 Å². The summed E-state index contributed by atoms with van der Waals surface area (Å²) in [6.07, 6.45) is 0. The van der Waals surface area contributed by atoms with Crippen LogP contribution in [0.3, 0.4) is 0 Å². The fourth-order valence-corrected chi connectivity index (χ4v) is 2.36. The van der Waals surface area contributed by atoms with Crippen LogP contribution in [0.2, 0.25) is 0 Å². The summed E-state index contributed by atoms with van der Waals surface area (Å²) in [7, 11) is 0. The Morgan fingerprint density at radius 2 is 1.72 bits per heavy atom. The molecule has 0 atom stereocenters. The summed E-state index contributed by atoms with van der Waals surface area (Å²) in [5.74, 6) is -3.09. The Morgan fingerprint density at radius 3 is 2.33 bits per heavy atom. The summed E-state index contributed by atoms with van der Waals surface area (Å²) in [6.45, 7) is -3.33. The van der Waals surface area contributed by atoms with Crippen molar-refractivity contribution in [3.05, 3.63) is 65.7 Å². The zero-order chi connectivity index (χ0) is 15.5. The number of halogens is 2. The second-order valence-electron chi connectivity index (χ2n) is 3.87. The maximum atomic E-state index is 13.7. The lowest BCUT2D eigenvalue weighted by Crippen LogP contribution is -2.06. The lowest BCUT2D eigenvalue weighted by Gasteiger charge is -2.10. The molecule has 0 nitrogen and oxygen atoms in total. The van der Waals surface area contributed by atoms with Crippen molar-refractivity contribution in [2.75, 3.05) is 0 Å². The van der Waals surface area contributed by atoms with E-state index in [2.05, 4.69) is 0 Å². The largest absolute Gasteiger partial charge is 0.270 e. The maximum Gasteiger partial charge on any atom is 0.270 e. The molecule has 0 aliphatic heterocycles. The van der Waals surface area contributed by atoms with E-state index in [0.29, 0.717) is 0 Å². The minimum Gasteiger partial charge on any atom is -0.202 e. The summed E-state index contributed by atoms with van der Waals surface area (Å²) in [6, 6.07) is 15.2. The van der Waals surface area contributed by atoms with E-state index in [1.807, 2.05) is 30.3 Å². The fraction of sp³-hybridized carbons (Fsp3) is 0.200. The van der Waals surface area contributed by atoms with Crippen LogP contribution in [-0.4, -0.2) is 0 Å². The molecule has 0 radical (unpaired) electrons. The van der Waals surface area contributed by atoms with Crippen molar-refractivity contribution in [1.29, 1.82) is 0 Å². The van der Waals surface area contributed by atoms with Crippen LogP contribution in [0.25, 0.3) is 0 Å². The third-order valence-electron chi connectivity index (χ3n) is 2.47. The van der Waals surface area contributed by atoms with Gasteiger partial charge in [-0.15, -0.1) is 11.8 Å². The Bertz CT molecular complexity index is 580. The molecule has 0 bridgehead atoms. The van der Waals surface area contributed by atoms with Gasteiger partial charge in [0.05, 0.1) is 0 Å². The van der Waals surface area contributed by atoms with Crippen molar-refractivity contribution in [3.63, 3.8) is 0 Å². The lowest BCUT2D eigenvalue weighted by molar-refractivity contribution is 0.0174. The van der Waals surface area contributed by atoms with Crippen molar-refractivity contribution in [1.82, 2.24) is 0 Å². The van der Waals surface area contributed by atoms with Crippen LogP contribution in [0, 0.1) is 0 Å². The first kappa shape index (κ1) is 9.56. The van der Waals surface area contributed by atoms with E-state index in [4.69, 9.17) is 4.11 Å². The molecule has 0 spiro atoms. The van der Waals surface area contributed by atoms with Crippen molar-refractivity contribution in [3.8, 4) is 0 Å². The van der Waals surface area contributed by atoms with Crippen molar-refractivity contribution >= 4 is 11.8 Å². The molecule has 0 aliphatic carbocycles. The molecule has 0 aliphatic rings. The van der Waals surface area contributed by atoms with Gasteiger partial charge in [0.1, 0.15) is 0 Å². The minimum absolute atomic E-state index is 0.480. The number of thioether (sulfide) groups is 1. The van der Waals surface area contributed by atoms with Crippen LogP contribution in [0.4, 0.5) is 8.78 Å². The summed E-state index contributed by atoms with van der Waals surface area (Å²) < 4.78 is 48.0. The summed E-state index contributed by atoms with van der Waals surface area (Å²) in [5.41, 5.74) is 0.658. The van der Waals surface area contributed by atoms with Crippen LogP contribution in [0.1, 0.15) is 22.1 Å². The van der Waals surface area contributed by atoms with Gasteiger partial charge >= 0.3 is 0 Å². The number of benzene rings is 2. The van der Waals surface area contributed by atoms with Gasteiger partial charge in [0.25, 0.3) is 5.92 Å². The first-order valence-corrected chi connectivity index (χ1v) is 6.44. The number of hydrogen-bond donors (Lipinski definition) is 0. The monoisotopic (exact) mass is 267 g/mol. The van der Waals surface area contributed by atoms with Crippen molar-refractivity contribution < 1.29 is 12.9 Å². The molecule has 2 rings (SSSR count). The highest BCUT2D eigenvalue weighted by molar-refractivity contribution is 7.98. The molecule has 0 unspecified atom stereocenters. The Hall–Kier alpha value is -1.35. The molecule has 18 heavy (non-hydrogen) atoms. The number of hydrogen-bond acceptors (Lipinski definition) is 1. The van der Waals surface area contributed by atoms with Gasteiger partial charge in [-0.3, -0.25) is 0 Å². The van der Waals surface area contributed by atoms with Crippen LogP contribution in [0.15, 0.2) is 59.5 Å². The summed E-state index contributed by atoms with van der Waals surface area (Å²) >= 11 is 1.51. The van der Waals surface area contributed by atoms with Crippen LogP contribution < -0.4 is 0 Å². The standard InChI is InChI=1S/C15H14F2S/c1-15(16,17)13-7-9-14(10-8-13)18-11-12-5-3-2-4-6-12/h2-10H,11H2,1H3/i1D3. The molecule has 94 valence electrons. The van der Waals surface area contributed by atoms with Crippen molar-refractivity contribution in [2.24, 2.45) is 0 Å². The van der Waals surface area contributed by atoms with Crippen LogP contribution in [-0.2, 0) is 11.7 Å². The highest BCUT2D eigenvalue weighted by atomic mass is 32.2. The van der Waals surface area contributed by atoms with E-state index in [9.17, 15) is 8.78 Å². The molecule has 2 aromatic rings. The molecule has 0 saturated carbocycles. The summed E-state index contributed by atoms with van der Waals surface area (Å²) in [4.78, 5) is 0.823. The van der Waals surface area contributed by atoms with Gasteiger partial charge in [-0.2, -0.15) is 0 Å². The molecule has 3 heteroatoms. The first-order chi connectivity index (χ1) is 9.80. The average Bonchev–Trinajstić information content (AvgIpc) is 2.45. The molecule has 0 aromatic heterocycles. The van der Waals surface area contributed by atoms with Crippen LogP contribution in [0.5, 0.6) is 0 Å². The van der Waals surface area contributed by atoms with Gasteiger partial charge in [0.2, 0.25) is 0 Å². The van der Waals surface area contributed by atoms with Gasteiger partial charge in [-0.05, 0) is 17.7 Å². The molecule has 0 heterocycles. The maximum absolute atomic E-state index is 13.7. The zero-order valence-corrected chi connectivity index (χ0v) is 10.4. The topological polar surface area (TPSA) is 0 Å². The molecule has 2 aromatic carbocycles. The molecular formula is C15H14F2S. The summed E-state index contributed by atoms with van der Waals surface area (Å²) in [5, 5.41) is 0. The second kappa shape index (κ2) is 5.53. The quantitative estimate of drug-likeness (QED) is 0.695. The van der Waals surface area contributed by atoms with E-state index < -0.39 is 18.3 Å². The first-order valence-electron chi connectivity index (χ1n) is 6.96. The van der Waals surface area contributed by atoms with E-state index in [-0.39, 0.29) is 0 Å². The van der Waals surface area contributed by atoms with Gasteiger partial charge < -0.3 is 0 Å². The Morgan fingerprint density at radius 1 is 1.06 bits per heavy atom. The van der Waals surface area contributed by atoms with Gasteiger partial charge in [0.15, 0.2) is 0 Å². The molecule has 0 N–H and O–H groups in total. The smallest absolute Gasteiger partial charge is 0.202 e. The fourth-order valence-electron chi connectivity index (χ4n) is 1.50. The predicted octanol–water partition coefficient (Wildman–Crippen LogP) is 5.09. The average molecular weight is 267 g/mol. The zero-order valence-electron chi connectivity index (χ0n) is 12.6. The Kier molecular flexibility index (Phi) is 2.94. The van der Waals surface area contributed by atoms with Gasteiger partial charge in [-0.1, -0.05) is 42.5 Å². The Labute approximate surface area is 114 Å². The van der Waals surface area contributed by atoms with Gasteiger partial charge in [-0.25, -0.2) is 8.78 Å². The predicted molar refractivity (Wildman–Crippen MR) is 72.0 cm³/mol. The van der Waals surface area contributed by atoms with E-state index >= 15 is 0 Å². The highest BCUT2D eigenvalue weighted by Crippen LogP contribution is 2.29. The van der Waals surface area contributed by atoms with Crippen molar-refractivity contribution in [2.45, 2.75) is 23.4 Å². The van der Waals surface area contributed by atoms with E-state index in [1.54, 1.807) is 0 Å². The highest BCUT2D eigenvalue weighted by Gasteiger charge is 2.23. The third-order valence-corrected chi connectivity index (χ3v) is 3.55. The molecule has 0 fully saturated rings. The third kappa shape index (κ3) is 3.57. The second-order valence-corrected chi connectivity index (χ2v) is 4.92. The number of alkyl halides is 2. The molecular weight excluding hydrogens is 250 g/mol. The SMILES string of the molecule is [2H]C([2H])([2H])C(F)(F)c1ccc(SCc2ccccc2)cc1. The lowest BCUT2D eigenvalue weighted by atomic mass is 10.1. The minimum atomic E-state index is -3.82. The molecule has 0 amide bonds. The van der Waals surface area contributed by atoms with E-state index in [1.165, 1.54) is 36.0 Å². The van der Waals surface area contributed by atoms with Crippen LogP contribution >= 0.6 is 11.8 Å². The molecule has 0 saturated heterocycles. The normalized spacial score (nSPS) is 14.7. The number of rotatable bonds is 4. The van der Waals surface area contributed by atoms with Gasteiger partial charge in [0, 0.05) is 27.2 Å². The Balaban J connectivity index is 2.06.